The molecule has 0 radical (unpaired) electrons. The van der Waals surface area contributed by atoms with E-state index in [9.17, 15) is 23.4 Å². The van der Waals surface area contributed by atoms with Gasteiger partial charge in [-0.3, -0.25) is 0 Å². The summed E-state index contributed by atoms with van der Waals surface area (Å²) in [5.41, 5.74) is 0.901. The maximum Gasteiger partial charge on any atom is 0.417 e. The number of benzene rings is 3. The van der Waals surface area contributed by atoms with Gasteiger partial charge >= 0.3 is 6.18 Å². The average molecular weight is 387 g/mol. The molecular weight excluding hydrogens is 375 g/mol. The number of phenolic OH excluding ortho intramolecular Hbond substituents is 2. The zero-order valence-corrected chi connectivity index (χ0v) is 14.5. The molecule has 3 nitrogen and oxygen atoms in total. The van der Waals surface area contributed by atoms with E-state index in [1.165, 1.54) is 41.7 Å². The number of alkyl halides is 3. The van der Waals surface area contributed by atoms with Gasteiger partial charge in [0.15, 0.2) is 0 Å². The number of hydrogen-bond acceptors (Lipinski definition) is 4. The highest BCUT2D eigenvalue weighted by Gasteiger charge is 2.33. The molecule has 0 fully saturated rings. The van der Waals surface area contributed by atoms with Crippen molar-refractivity contribution in [2.45, 2.75) is 6.18 Å². The second kappa shape index (κ2) is 6.28. The van der Waals surface area contributed by atoms with Crippen LogP contribution in [-0.4, -0.2) is 15.2 Å². The Morgan fingerprint density at radius 2 is 1.52 bits per heavy atom. The molecule has 1 heterocycles. The van der Waals surface area contributed by atoms with E-state index < -0.39 is 11.7 Å². The van der Waals surface area contributed by atoms with Crippen LogP contribution < -0.4 is 0 Å². The maximum absolute atomic E-state index is 13.3. The Hall–Kier alpha value is -3.06. The SMILES string of the molecule is Oc1cc(O)cc(-c2nc3cc(-c4ccccc4C(F)(F)F)ccc3s2)c1. The number of aromatic hydroxyl groups is 2. The van der Waals surface area contributed by atoms with Crippen molar-refractivity contribution in [3.63, 3.8) is 0 Å². The summed E-state index contributed by atoms with van der Waals surface area (Å²) in [5, 5.41) is 19.8. The summed E-state index contributed by atoms with van der Waals surface area (Å²) in [5.74, 6) is -0.187. The quantitative estimate of drug-likeness (QED) is 0.440. The van der Waals surface area contributed by atoms with Gasteiger partial charge in [0.2, 0.25) is 0 Å². The molecule has 0 unspecified atom stereocenters. The third-order valence-electron chi connectivity index (χ3n) is 4.08. The van der Waals surface area contributed by atoms with Crippen molar-refractivity contribution >= 4 is 21.6 Å². The normalized spacial score (nSPS) is 11.8. The fraction of sp³-hybridized carbons (Fsp3) is 0.0500. The molecule has 7 heteroatoms. The van der Waals surface area contributed by atoms with E-state index in [1.54, 1.807) is 24.3 Å². The van der Waals surface area contributed by atoms with Gasteiger partial charge < -0.3 is 10.2 Å². The Morgan fingerprint density at radius 1 is 0.815 bits per heavy atom. The van der Waals surface area contributed by atoms with E-state index in [0.717, 1.165) is 10.8 Å². The van der Waals surface area contributed by atoms with E-state index in [0.29, 0.717) is 21.7 Å². The summed E-state index contributed by atoms with van der Waals surface area (Å²) in [6, 6.07) is 14.5. The summed E-state index contributed by atoms with van der Waals surface area (Å²) in [6.07, 6.45) is -4.45. The molecule has 0 aliphatic carbocycles. The van der Waals surface area contributed by atoms with Gasteiger partial charge in [-0.25, -0.2) is 4.98 Å². The van der Waals surface area contributed by atoms with Crippen LogP contribution in [0.2, 0.25) is 0 Å². The predicted octanol–water partition coefficient (Wildman–Crippen LogP) is 6.06. The maximum atomic E-state index is 13.3. The molecule has 4 rings (SSSR count). The number of halogens is 3. The molecule has 0 aliphatic heterocycles. The Kier molecular flexibility index (Phi) is 4.04. The summed E-state index contributed by atoms with van der Waals surface area (Å²) in [7, 11) is 0. The minimum Gasteiger partial charge on any atom is -0.508 e. The van der Waals surface area contributed by atoms with Gasteiger partial charge in [0.1, 0.15) is 16.5 Å². The highest BCUT2D eigenvalue weighted by molar-refractivity contribution is 7.21. The third kappa shape index (κ3) is 3.33. The molecule has 0 bridgehead atoms. The first-order valence-corrected chi connectivity index (χ1v) is 8.73. The van der Waals surface area contributed by atoms with Crippen LogP contribution in [0.25, 0.3) is 31.9 Å². The molecule has 27 heavy (non-hydrogen) atoms. The molecule has 0 spiro atoms. The Bertz CT molecular complexity index is 1130. The van der Waals surface area contributed by atoms with E-state index in [2.05, 4.69) is 4.98 Å². The topological polar surface area (TPSA) is 53.4 Å². The number of nitrogens with zero attached hydrogens (tertiary/aromatic N) is 1. The van der Waals surface area contributed by atoms with Gasteiger partial charge in [-0.15, -0.1) is 11.3 Å². The zero-order valence-electron chi connectivity index (χ0n) is 13.7. The fourth-order valence-electron chi connectivity index (χ4n) is 2.92. The van der Waals surface area contributed by atoms with Gasteiger partial charge in [-0.05, 0) is 41.5 Å². The zero-order chi connectivity index (χ0) is 19.2. The van der Waals surface area contributed by atoms with Crippen LogP contribution in [0.1, 0.15) is 5.56 Å². The molecule has 1 aromatic heterocycles. The number of rotatable bonds is 2. The molecule has 136 valence electrons. The number of aromatic nitrogens is 1. The monoisotopic (exact) mass is 387 g/mol. The molecule has 0 amide bonds. The van der Waals surface area contributed by atoms with E-state index in [-0.39, 0.29) is 17.1 Å². The second-order valence-electron chi connectivity index (χ2n) is 5.98. The highest BCUT2D eigenvalue weighted by atomic mass is 32.1. The van der Waals surface area contributed by atoms with Crippen LogP contribution in [-0.2, 0) is 6.18 Å². The van der Waals surface area contributed by atoms with Crippen molar-refractivity contribution in [3.8, 4) is 33.2 Å². The van der Waals surface area contributed by atoms with Crippen LogP contribution in [0.4, 0.5) is 13.2 Å². The summed E-state index contributed by atoms with van der Waals surface area (Å²) in [6.45, 7) is 0. The molecular formula is C20H12F3NO2S. The van der Waals surface area contributed by atoms with Gasteiger partial charge in [0.25, 0.3) is 0 Å². The van der Waals surface area contributed by atoms with Crippen LogP contribution in [0, 0.1) is 0 Å². The lowest BCUT2D eigenvalue weighted by atomic mass is 9.99. The number of hydrogen-bond donors (Lipinski definition) is 2. The van der Waals surface area contributed by atoms with Crippen molar-refractivity contribution in [1.82, 2.24) is 4.98 Å². The van der Waals surface area contributed by atoms with Crippen molar-refractivity contribution in [1.29, 1.82) is 0 Å². The molecule has 4 aromatic rings. The standard InChI is InChI=1S/C20H12F3NO2S/c21-20(22,23)16-4-2-1-3-15(16)11-5-6-18-17(9-11)24-19(27-18)12-7-13(25)10-14(26)8-12/h1-10,25-26H. The van der Waals surface area contributed by atoms with Crippen molar-refractivity contribution in [3.05, 3.63) is 66.2 Å². The fourth-order valence-corrected chi connectivity index (χ4v) is 3.85. The largest absolute Gasteiger partial charge is 0.508 e. The van der Waals surface area contributed by atoms with Crippen molar-refractivity contribution in [2.75, 3.05) is 0 Å². The van der Waals surface area contributed by atoms with Crippen LogP contribution in [0.3, 0.4) is 0 Å². The highest BCUT2D eigenvalue weighted by Crippen LogP contribution is 2.39. The lowest BCUT2D eigenvalue weighted by Crippen LogP contribution is -2.06. The van der Waals surface area contributed by atoms with Gasteiger partial charge in [0.05, 0.1) is 15.8 Å². The first-order chi connectivity index (χ1) is 12.8. The first-order valence-electron chi connectivity index (χ1n) is 7.92. The molecule has 0 saturated carbocycles. The van der Waals surface area contributed by atoms with Crippen molar-refractivity contribution < 1.29 is 23.4 Å². The third-order valence-corrected chi connectivity index (χ3v) is 5.17. The summed E-state index contributed by atoms with van der Waals surface area (Å²) < 4.78 is 40.7. The smallest absolute Gasteiger partial charge is 0.417 e. The first kappa shape index (κ1) is 17.4. The minimum atomic E-state index is -4.45. The summed E-state index contributed by atoms with van der Waals surface area (Å²) in [4.78, 5) is 4.46. The molecule has 0 atom stereocenters. The lowest BCUT2D eigenvalue weighted by molar-refractivity contribution is -0.137. The lowest BCUT2D eigenvalue weighted by Gasteiger charge is -2.12. The predicted molar refractivity (Wildman–Crippen MR) is 98.8 cm³/mol. The Labute approximate surface area is 156 Å². The van der Waals surface area contributed by atoms with Gasteiger partial charge in [-0.1, -0.05) is 24.3 Å². The molecule has 2 N–H and O–H groups in total. The van der Waals surface area contributed by atoms with E-state index in [4.69, 9.17) is 0 Å². The molecule has 0 saturated heterocycles. The van der Waals surface area contributed by atoms with E-state index >= 15 is 0 Å². The second-order valence-corrected chi connectivity index (χ2v) is 7.01. The minimum absolute atomic E-state index is 0.0935. The Morgan fingerprint density at radius 3 is 2.22 bits per heavy atom. The number of fused-ring (bicyclic) bond motifs is 1. The average Bonchev–Trinajstić information content (AvgIpc) is 3.03. The molecule has 3 aromatic carbocycles. The van der Waals surface area contributed by atoms with Gasteiger partial charge in [0, 0.05) is 11.6 Å². The van der Waals surface area contributed by atoms with Crippen LogP contribution in [0.5, 0.6) is 11.5 Å². The number of phenols is 2. The van der Waals surface area contributed by atoms with Crippen LogP contribution >= 0.6 is 11.3 Å². The Balaban J connectivity index is 1.83. The van der Waals surface area contributed by atoms with Gasteiger partial charge in [-0.2, -0.15) is 13.2 Å². The molecule has 0 aliphatic rings. The van der Waals surface area contributed by atoms with Crippen molar-refractivity contribution in [2.24, 2.45) is 0 Å². The van der Waals surface area contributed by atoms with E-state index in [1.807, 2.05) is 0 Å². The number of thiazole rings is 1. The van der Waals surface area contributed by atoms with Crippen LogP contribution in [0.15, 0.2) is 60.7 Å². The summed E-state index contributed by atoms with van der Waals surface area (Å²) >= 11 is 1.33.